The van der Waals surface area contributed by atoms with Gasteiger partial charge < -0.3 is 10.4 Å². The van der Waals surface area contributed by atoms with Gasteiger partial charge in [0.2, 0.25) is 0 Å². The topological polar surface area (TPSA) is 32.3 Å². The van der Waals surface area contributed by atoms with Crippen LogP contribution in [0.4, 0.5) is 0 Å². The van der Waals surface area contributed by atoms with Crippen LogP contribution in [0.5, 0.6) is 0 Å². The maximum absolute atomic E-state index is 9.12. The van der Waals surface area contributed by atoms with Crippen molar-refractivity contribution < 1.29 is 5.11 Å². The first-order valence-corrected chi connectivity index (χ1v) is 3.19. The van der Waals surface area contributed by atoms with E-state index >= 15 is 0 Å². The molecule has 1 heterocycles. The second-order valence-electron chi connectivity index (χ2n) is 2.54. The molecular formula is C6H14ClNO. The Morgan fingerprint density at radius 3 is 2.56 bits per heavy atom. The highest BCUT2D eigenvalue weighted by atomic mass is 35.5. The lowest BCUT2D eigenvalue weighted by molar-refractivity contribution is 0.0915. The number of rotatable bonds is 0. The van der Waals surface area contributed by atoms with E-state index in [4.69, 9.17) is 5.11 Å². The van der Waals surface area contributed by atoms with Crippen LogP contribution in [0.3, 0.4) is 0 Å². The Morgan fingerprint density at radius 1 is 1.56 bits per heavy atom. The third-order valence-electron chi connectivity index (χ3n) is 1.79. The molecule has 0 aromatic carbocycles. The highest BCUT2D eigenvalue weighted by Crippen LogP contribution is 2.09. The van der Waals surface area contributed by atoms with E-state index in [1.807, 2.05) is 0 Å². The second kappa shape index (κ2) is 4.09. The molecule has 2 N–H and O–H groups in total. The predicted molar refractivity (Wildman–Crippen MR) is 39.9 cm³/mol. The molecule has 2 atom stereocenters. The minimum absolute atomic E-state index is 0. The summed E-state index contributed by atoms with van der Waals surface area (Å²) < 4.78 is 0. The molecular weight excluding hydrogens is 138 g/mol. The van der Waals surface area contributed by atoms with Gasteiger partial charge in [0.05, 0.1) is 6.10 Å². The third kappa shape index (κ3) is 2.52. The Labute approximate surface area is 62.1 Å². The molecule has 0 radical (unpaired) electrons. The van der Waals surface area contributed by atoms with Crippen molar-refractivity contribution in [1.29, 1.82) is 0 Å². The van der Waals surface area contributed by atoms with Gasteiger partial charge in [-0.2, -0.15) is 0 Å². The van der Waals surface area contributed by atoms with Crippen LogP contribution in [0.15, 0.2) is 0 Å². The van der Waals surface area contributed by atoms with Crippen LogP contribution in [-0.2, 0) is 0 Å². The number of nitrogens with one attached hydrogen (secondary N) is 1. The molecule has 1 rings (SSSR count). The van der Waals surface area contributed by atoms with Crippen molar-refractivity contribution in [3.8, 4) is 0 Å². The smallest absolute Gasteiger partial charge is 0.0690 e. The van der Waals surface area contributed by atoms with E-state index in [1.165, 1.54) is 0 Å². The van der Waals surface area contributed by atoms with Crippen LogP contribution < -0.4 is 5.32 Å². The monoisotopic (exact) mass is 151 g/mol. The van der Waals surface area contributed by atoms with Crippen LogP contribution in [0.1, 0.15) is 13.3 Å². The van der Waals surface area contributed by atoms with Gasteiger partial charge in [0.15, 0.2) is 0 Å². The molecule has 56 valence electrons. The van der Waals surface area contributed by atoms with Gasteiger partial charge in [-0.1, -0.05) is 6.92 Å². The fourth-order valence-electron chi connectivity index (χ4n) is 0.973. The molecule has 0 saturated carbocycles. The van der Waals surface area contributed by atoms with Crippen molar-refractivity contribution >= 4 is 12.4 Å². The van der Waals surface area contributed by atoms with Gasteiger partial charge in [0, 0.05) is 6.54 Å². The minimum atomic E-state index is -0.108. The summed E-state index contributed by atoms with van der Waals surface area (Å²) in [5.41, 5.74) is 0. The zero-order chi connectivity index (χ0) is 5.98. The number of hydrogen-bond donors (Lipinski definition) is 2. The third-order valence-corrected chi connectivity index (χ3v) is 1.79. The number of aliphatic hydroxyl groups excluding tert-OH is 1. The van der Waals surface area contributed by atoms with E-state index in [0.29, 0.717) is 5.92 Å². The number of hydrogen-bond acceptors (Lipinski definition) is 2. The van der Waals surface area contributed by atoms with E-state index in [0.717, 1.165) is 19.5 Å². The molecule has 9 heavy (non-hydrogen) atoms. The van der Waals surface area contributed by atoms with Crippen LogP contribution >= 0.6 is 12.4 Å². The summed E-state index contributed by atoms with van der Waals surface area (Å²) in [6, 6.07) is 0. The fraction of sp³-hybridized carbons (Fsp3) is 1.00. The van der Waals surface area contributed by atoms with Crippen LogP contribution in [-0.4, -0.2) is 24.3 Å². The molecule has 2 nitrogen and oxygen atoms in total. The van der Waals surface area contributed by atoms with Crippen molar-refractivity contribution in [1.82, 2.24) is 5.32 Å². The maximum Gasteiger partial charge on any atom is 0.0690 e. The highest BCUT2D eigenvalue weighted by Gasteiger charge is 2.16. The first kappa shape index (κ1) is 9.21. The van der Waals surface area contributed by atoms with Gasteiger partial charge in [-0.15, -0.1) is 12.4 Å². The molecule has 1 aliphatic heterocycles. The summed E-state index contributed by atoms with van der Waals surface area (Å²) in [5.74, 6) is 0.497. The Balaban J connectivity index is 0.000000640. The molecule has 0 amide bonds. The SMILES string of the molecule is C[C@H]1CCNC[C@H]1O.Cl. The molecule has 0 bridgehead atoms. The zero-order valence-electron chi connectivity index (χ0n) is 5.63. The van der Waals surface area contributed by atoms with Gasteiger partial charge in [0.1, 0.15) is 0 Å². The molecule has 1 aliphatic rings. The lowest BCUT2D eigenvalue weighted by Gasteiger charge is -2.24. The van der Waals surface area contributed by atoms with Crippen molar-refractivity contribution in [3.63, 3.8) is 0 Å². The summed E-state index contributed by atoms with van der Waals surface area (Å²) in [6.45, 7) is 3.94. The molecule has 0 unspecified atom stereocenters. The molecule has 0 aromatic rings. The fourth-order valence-corrected chi connectivity index (χ4v) is 0.973. The van der Waals surface area contributed by atoms with Gasteiger partial charge in [-0.25, -0.2) is 0 Å². The number of aliphatic hydroxyl groups is 1. The minimum Gasteiger partial charge on any atom is -0.392 e. The summed E-state index contributed by atoms with van der Waals surface area (Å²) in [6.07, 6.45) is 1.00. The summed E-state index contributed by atoms with van der Waals surface area (Å²) in [7, 11) is 0. The summed E-state index contributed by atoms with van der Waals surface area (Å²) >= 11 is 0. The Bertz CT molecular complexity index is 69.5. The number of β-amino-alcohol motifs (C(OH)–C–C–N with tert-alkyl or cyclic N) is 1. The summed E-state index contributed by atoms with van der Waals surface area (Å²) in [5, 5.41) is 12.2. The molecule has 0 aliphatic carbocycles. The van der Waals surface area contributed by atoms with Crippen LogP contribution in [0, 0.1) is 5.92 Å². The van der Waals surface area contributed by atoms with Crippen LogP contribution in [0.25, 0.3) is 0 Å². The quantitative estimate of drug-likeness (QED) is 0.526. The van der Waals surface area contributed by atoms with Crippen molar-refractivity contribution in [3.05, 3.63) is 0 Å². The Kier molecular flexibility index (Phi) is 4.19. The largest absolute Gasteiger partial charge is 0.392 e. The zero-order valence-corrected chi connectivity index (χ0v) is 6.45. The molecule has 1 fully saturated rings. The van der Waals surface area contributed by atoms with E-state index in [-0.39, 0.29) is 18.5 Å². The molecule has 0 spiro atoms. The Hall–Kier alpha value is 0.210. The van der Waals surface area contributed by atoms with E-state index in [1.54, 1.807) is 0 Å². The molecule has 0 aromatic heterocycles. The average Bonchev–Trinajstić information content (AvgIpc) is 1.77. The van der Waals surface area contributed by atoms with E-state index in [9.17, 15) is 0 Å². The normalized spacial score (nSPS) is 35.3. The van der Waals surface area contributed by atoms with E-state index in [2.05, 4.69) is 12.2 Å². The first-order valence-electron chi connectivity index (χ1n) is 3.19. The van der Waals surface area contributed by atoms with Gasteiger partial charge in [0.25, 0.3) is 0 Å². The number of piperidine rings is 1. The number of halogens is 1. The standard InChI is InChI=1S/C6H13NO.ClH/c1-5-2-3-7-4-6(5)8;/h5-8H,2-4H2,1H3;1H/t5-,6+;/m0./s1. The van der Waals surface area contributed by atoms with E-state index < -0.39 is 0 Å². The van der Waals surface area contributed by atoms with Crippen LogP contribution in [0.2, 0.25) is 0 Å². The van der Waals surface area contributed by atoms with Crippen molar-refractivity contribution in [2.24, 2.45) is 5.92 Å². The second-order valence-corrected chi connectivity index (χ2v) is 2.54. The Morgan fingerprint density at radius 2 is 2.22 bits per heavy atom. The average molecular weight is 152 g/mol. The lowest BCUT2D eigenvalue weighted by atomic mass is 9.98. The summed E-state index contributed by atoms with van der Waals surface area (Å²) in [4.78, 5) is 0. The maximum atomic E-state index is 9.12. The van der Waals surface area contributed by atoms with Crippen molar-refractivity contribution in [2.75, 3.05) is 13.1 Å². The predicted octanol–water partition coefficient (Wildman–Crippen LogP) is 0.398. The highest BCUT2D eigenvalue weighted by molar-refractivity contribution is 5.85. The van der Waals surface area contributed by atoms with Gasteiger partial charge >= 0.3 is 0 Å². The van der Waals surface area contributed by atoms with Gasteiger partial charge in [-0.3, -0.25) is 0 Å². The molecule has 3 heteroatoms. The first-order chi connectivity index (χ1) is 3.80. The van der Waals surface area contributed by atoms with Crippen molar-refractivity contribution in [2.45, 2.75) is 19.4 Å². The van der Waals surface area contributed by atoms with Gasteiger partial charge in [-0.05, 0) is 18.9 Å². The molecule has 1 saturated heterocycles. The lowest BCUT2D eigenvalue weighted by Crippen LogP contribution is -2.39.